The van der Waals surface area contributed by atoms with E-state index in [1.165, 1.54) is 5.56 Å². The van der Waals surface area contributed by atoms with Gasteiger partial charge in [-0.05, 0) is 52.7 Å². The highest BCUT2D eigenvalue weighted by Crippen LogP contribution is 2.35. The van der Waals surface area contributed by atoms with Crippen molar-refractivity contribution in [2.24, 2.45) is 4.99 Å². The van der Waals surface area contributed by atoms with Crippen molar-refractivity contribution >= 4 is 5.96 Å². The van der Waals surface area contributed by atoms with Crippen LogP contribution in [0.2, 0.25) is 0 Å². The van der Waals surface area contributed by atoms with Crippen molar-refractivity contribution in [2.75, 3.05) is 32.8 Å². The van der Waals surface area contributed by atoms with Gasteiger partial charge in [-0.2, -0.15) is 0 Å². The minimum absolute atomic E-state index is 0.229. The summed E-state index contributed by atoms with van der Waals surface area (Å²) in [6.07, 6.45) is 3.65. The third-order valence-electron chi connectivity index (χ3n) is 5.26. The zero-order valence-corrected chi connectivity index (χ0v) is 17.8. The van der Waals surface area contributed by atoms with Gasteiger partial charge in [-0.15, -0.1) is 0 Å². The number of ether oxygens (including phenoxy) is 3. The molecule has 0 spiro atoms. The summed E-state index contributed by atoms with van der Waals surface area (Å²) in [4.78, 5) is 7.26. The Balaban J connectivity index is 1.73. The van der Waals surface area contributed by atoms with Crippen molar-refractivity contribution in [3.8, 4) is 11.5 Å². The van der Waals surface area contributed by atoms with Gasteiger partial charge in [0, 0.05) is 43.8 Å². The summed E-state index contributed by atoms with van der Waals surface area (Å²) in [6.45, 7) is 13.1. The normalized spacial score (nSPS) is 20.1. The second kappa shape index (κ2) is 10.0. The summed E-state index contributed by atoms with van der Waals surface area (Å²) in [5.41, 5.74) is 2.31. The van der Waals surface area contributed by atoms with Crippen molar-refractivity contribution in [2.45, 2.75) is 65.7 Å². The lowest BCUT2D eigenvalue weighted by Crippen LogP contribution is -2.47. The first-order chi connectivity index (χ1) is 13.6. The summed E-state index contributed by atoms with van der Waals surface area (Å²) in [7, 11) is 0. The van der Waals surface area contributed by atoms with Crippen LogP contribution in [0.25, 0.3) is 0 Å². The number of piperidine rings is 1. The Morgan fingerprint density at radius 3 is 2.68 bits per heavy atom. The second-order valence-electron chi connectivity index (χ2n) is 7.45. The highest BCUT2D eigenvalue weighted by Gasteiger charge is 2.23. The summed E-state index contributed by atoms with van der Waals surface area (Å²) < 4.78 is 17.6. The Hall–Kier alpha value is -1.95. The topological polar surface area (TPSA) is 55.3 Å². The van der Waals surface area contributed by atoms with Crippen molar-refractivity contribution in [3.63, 3.8) is 0 Å². The first-order valence-electron chi connectivity index (χ1n) is 10.7. The minimum atomic E-state index is 0.229. The van der Waals surface area contributed by atoms with E-state index < -0.39 is 0 Å². The SMILES string of the molecule is CCNC(=NCc1cc2c(cc1OCC)CC(C)O2)N1CCC(OCC)CC1. The summed E-state index contributed by atoms with van der Waals surface area (Å²) in [6, 6.07) is 4.24. The Morgan fingerprint density at radius 2 is 2.00 bits per heavy atom. The molecule has 2 aliphatic rings. The zero-order chi connectivity index (χ0) is 19.9. The molecule has 1 fully saturated rings. The standard InChI is InChI=1S/C22H35N3O3/c1-5-23-22(25-10-8-19(9-11-25)26-6-2)24-15-18-14-21-17(12-16(4)28-21)13-20(18)27-7-3/h13-14,16,19H,5-12,15H2,1-4H3,(H,23,24). The molecule has 0 aliphatic carbocycles. The van der Waals surface area contributed by atoms with Crippen molar-refractivity contribution in [3.05, 3.63) is 23.3 Å². The van der Waals surface area contributed by atoms with Crippen LogP contribution in [-0.2, 0) is 17.7 Å². The molecule has 1 aromatic rings. The molecule has 1 atom stereocenters. The van der Waals surface area contributed by atoms with Crippen LogP contribution in [0.4, 0.5) is 0 Å². The van der Waals surface area contributed by atoms with E-state index in [-0.39, 0.29) is 6.10 Å². The van der Waals surface area contributed by atoms with E-state index in [1.54, 1.807) is 0 Å². The third-order valence-corrected chi connectivity index (χ3v) is 5.26. The predicted molar refractivity (Wildman–Crippen MR) is 112 cm³/mol. The molecule has 1 N–H and O–H groups in total. The molecule has 3 rings (SSSR count). The lowest BCUT2D eigenvalue weighted by Gasteiger charge is -2.34. The van der Waals surface area contributed by atoms with Gasteiger partial charge in [0.2, 0.25) is 0 Å². The van der Waals surface area contributed by atoms with E-state index in [9.17, 15) is 0 Å². The lowest BCUT2D eigenvalue weighted by atomic mass is 10.1. The van der Waals surface area contributed by atoms with Gasteiger partial charge in [0.05, 0.1) is 19.3 Å². The average molecular weight is 390 g/mol. The van der Waals surface area contributed by atoms with Crippen molar-refractivity contribution in [1.29, 1.82) is 0 Å². The number of benzene rings is 1. The number of rotatable bonds is 7. The second-order valence-corrected chi connectivity index (χ2v) is 7.45. The Labute approximate surface area is 169 Å². The molecule has 2 heterocycles. The predicted octanol–water partition coefficient (Wildman–Crippen LogP) is 3.38. The molecule has 0 radical (unpaired) electrons. The van der Waals surface area contributed by atoms with Crippen LogP contribution in [0.1, 0.15) is 51.7 Å². The fourth-order valence-corrected chi connectivity index (χ4v) is 3.95. The lowest BCUT2D eigenvalue weighted by molar-refractivity contribution is 0.0263. The molecule has 28 heavy (non-hydrogen) atoms. The Bertz CT molecular complexity index is 669. The summed E-state index contributed by atoms with van der Waals surface area (Å²) in [5.74, 6) is 2.87. The molecule has 0 bridgehead atoms. The smallest absolute Gasteiger partial charge is 0.194 e. The molecule has 1 unspecified atom stereocenters. The van der Waals surface area contributed by atoms with E-state index >= 15 is 0 Å². The number of nitrogens with one attached hydrogen (secondary N) is 1. The molecule has 6 nitrogen and oxygen atoms in total. The number of hydrogen-bond acceptors (Lipinski definition) is 4. The maximum atomic E-state index is 5.94. The van der Waals surface area contributed by atoms with Gasteiger partial charge >= 0.3 is 0 Å². The average Bonchev–Trinajstić information content (AvgIpc) is 3.05. The number of likely N-dealkylation sites (tertiary alicyclic amines) is 1. The Morgan fingerprint density at radius 1 is 1.21 bits per heavy atom. The van der Waals surface area contributed by atoms with Crippen LogP contribution in [0.3, 0.4) is 0 Å². The fraction of sp³-hybridized carbons (Fsp3) is 0.682. The van der Waals surface area contributed by atoms with Crippen LogP contribution in [0, 0.1) is 0 Å². The molecule has 2 aliphatic heterocycles. The van der Waals surface area contributed by atoms with Gasteiger partial charge < -0.3 is 24.4 Å². The highest BCUT2D eigenvalue weighted by molar-refractivity contribution is 5.80. The van der Waals surface area contributed by atoms with E-state index in [0.29, 0.717) is 19.3 Å². The van der Waals surface area contributed by atoms with Gasteiger partial charge in [-0.25, -0.2) is 4.99 Å². The molecule has 1 aromatic carbocycles. The van der Waals surface area contributed by atoms with Crippen molar-refractivity contribution < 1.29 is 14.2 Å². The van der Waals surface area contributed by atoms with E-state index in [0.717, 1.165) is 68.5 Å². The largest absolute Gasteiger partial charge is 0.494 e. The highest BCUT2D eigenvalue weighted by atomic mass is 16.5. The van der Waals surface area contributed by atoms with Crippen LogP contribution < -0.4 is 14.8 Å². The molecule has 0 saturated carbocycles. The summed E-state index contributed by atoms with van der Waals surface area (Å²) in [5, 5.41) is 3.44. The first-order valence-corrected chi connectivity index (χ1v) is 10.7. The number of guanidine groups is 1. The van der Waals surface area contributed by atoms with Crippen LogP contribution in [0.5, 0.6) is 11.5 Å². The van der Waals surface area contributed by atoms with Crippen molar-refractivity contribution in [1.82, 2.24) is 10.2 Å². The maximum absolute atomic E-state index is 5.94. The van der Waals surface area contributed by atoms with Crippen LogP contribution in [-0.4, -0.2) is 55.9 Å². The fourth-order valence-electron chi connectivity index (χ4n) is 3.95. The van der Waals surface area contributed by atoms with Crippen LogP contribution in [0.15, 0.2) is 17.1 Å². The van der Waals surface area contributed by atoms with E-state index in [1.807, 2.05) is 6.92 Å². The number of fused-ring (bicyclic) bond motifs is 1. The molecular formula is C22H35N3O3. The first kappa shape index (κ1) is 20.8. The van der Waals surface area contributed by atoms with Gasteiger partial charge in [0.15, 0.2) is 5.96 Å². The number of aliphatic imine (C=N–C) groups is 1. The Kier molecular flexibility index (Phi) is 7.43. The van der Waals surface area contributed by atoms with Crippen LogP contribution >= 0.6 is 0 Å². The molecule has 0 aromatic heterocycles. The molecule has 6 heteroatoms. The molecule has 1 saturated heterocycles. The van der Waals surface area contributed by atoms with Gasteiger partial charge in [0.1, 0.15) is 17.6 Å². The molecular weight excluding hydrogens is 354 g/mol. The minimum Gasteiger partial charge on any atom is -0.494 e. The third kappa shape index (κ3) is 5.10. The number of hydrogen-bond donors (Lipinski definition) is 1. The maximum Gasteiger partial charge on any atom is 0.194 e. The van der Waals surface area contributed by atoms with Gasteiger partial charge in [0.25, 0.3) is 0 Å². The zero-order valence-electron chi connectivity index (χ0n) is 17.8. The summed E-state index contributed by atoms with van der Waals surface area (Å²) >= 11 is 0. The monoisotopic (exact) mass is 389 g/mol. The quantitative estimate of drug-likeness (QED) is 0.572. The van der Waals surface area contributed by atoms with E-state index in [4.69, 9.17) is 19.2 Å². The van der Waals surface area contributed by atoms with Gasteiger partial charge in [-0.3, -0.25) is 0 Å². The van der Waals surface area contributed by atoms with Gasteiger partial charge in [-0.1, -0.05) is 0 Å². The number of nitrogens with zero attached hydrogens (tertiary/aromatic N) is 2. The molecule has 0 amide bonds. The van der Waals surface area contributed by atoms with E-state index in [2.05, 4.69) is 43.1 Å². The molecule has 156 valence electrons.